The van der Waals surface area contributed by atoms with E-state index < -0.39 is 34.5 Å². The molecule has 0 aliphatic carbocycles. The summed E-state index contributed by atoms with van der Waals surface area (Å²) in [5.74, 6) is -1.25. The average molecular weight is 384 g/mol. The number of para-hydroxylation sites is 1. The van der Waals surface area contributed by atoms with Gasteiger partial charge in [0.25, 0.3) is 0 Å². The van der Waals surface area contributed by atoms with Gasteiger partial charge in [0, 0.05) is 12.1 Å². The first-order valence-electron chi connectivity index (χ1n) is 6.37. The van der Waals surface area contributed by atoms with Crippen molar-refractivity contribution in [3.63, 3.8) is 0 Å². The Morgan fingerprint density at radius 1 is 1.12 bits per heavy atom. The summed E-state index contributed by atoms with van der Waals surface area (Å²) >= 11 is 5.68. The van der Waals surface area contributed by atoms with Crippen LogP contribution in [0.1, 0.15) is 5.56 Å². The molecule has 0 radical (unpaired) electrons. The highest BCUT2D eigenvalue weighted by Gasteiger charge is 2.32. The largest absolute Gasteiger partial charge is 0.573 e. The first-order valence-corrected chi connectivity index (χ1v) is 8.23. The fraction of sp³-hybridized carbons (Fsp3) is 0.143. The third kappa shape index (κ3) is 4.83. The highest BCUT2D eigenvalue weighted by molar-refractivity contribution is 7.89. The topological polar surface area (TPSA) is 55.4 Å². The molecule has 10 heteroatoms. The summed E-state index contributed by atoms with van der Waals surface area (Å²) in [5.41, 5.74) is -0.0309. The van der Waals surface area contributed by atoms with Crippen LogP contribution in [0.25, 0.3) is 0 Å². The van der Waals surface area contributed by atoms with E-state index >= 15 is 0 Å². The van der Waals surface area contributed by atoms with Crippen LogP contribution in [0.2, 0.25) is 5.02 Å². The van der Waals surface area contributed by atoms with E-state index in [4.69, 9.17) is 11.6 Å². The molecular weight excluding hydrogens is 374 g/mol. The molecule has 0 atom stereocenters. The smallest absolute Gasteiger partial charge is 0.405 e. The summed E-state index contributed by atoms with van der Waals surface area (Å²) in [6.07, 6.45) is -4.91. The second-order valence-corrected chi connectivity index (χ2v) is 6.70. The van der Waals surface area contributed by atoms with Gasteiger partial charge in [-0.25, -0.2) is 17.5 Å². The summed E-state index contributed by atoms with van der Waals surface area (Å²) in [4.78, 5) is -0.389. The van der Waals surface area contributed by atoms with Gasteiger partial charge in [-0.05, 0) is 24.3 Å². The van der Waals surface area contributed by atoms with Crippen LogP contribution in [0, 0.1) is 5.82 Å². The zero-order valence-electron chi connectivity index (χ0n) is 11.8. The van der Waals surface area contributed by atoms with E-state index in [0.29, 0.717) is 0 Å². The Morgan fingerprint density at radius 3 is 2.42 bits per heavy atom. The Hall–Kier alpha value is -1.84. The zero-order valence-corrected chi connectivity index (χ0v) is 13.3. The van der Waals surface area contributed by atoms with Gasteiger partial charge in [-0.2, -0.15) is 0 Å². The lowest BCUT2D eigenvalue weighted by Crippen LogP contribution is -2.25. The number of sulfonamides is 1. The molecule has 0 aliphatic heterocycles. The van der Waals surface area contributed by atoms with Crippen molar-refractivity contribution in [2.45, 2.75) is 17.8 Å². The van der Waals surface area contributed by atoms with E-state index in [0.717, 1.165) is 24.3 Å². The Balaban J connectivity index is 2.21. The van der Waals surface area contributed by atoms with Crippen LogP contribution in [-0.2, 0) is 16.6 Å². The second kappa shape index (κ2) is 6.96. The number of hydrogen-bond donors (Lipinski definition) is 1. The van der Waals surface area contributed by atoms with Crippen molar-refractivity contribution in [2.24, 2.45) is 0 Å². The summed E-state index contributed by atoms with van der Waals surface area (Å²) in [5, 5.41) is -0.345. The third-order valence-electron chi connectivity index (χ3n) is 2.83. The number of rotatable bonds is 5. The van der Waals surface area contributed by atoms with Crippen molar-refractivity contribution in [3.05, 3.63) is 58.9 Å². The Labute approximate surface area is 140 Å². The SMILES string of the molecule is O=S(=O)(NCc1ccccc1OC(F)(F)F)c1ccc(F)cc1Cl. The summed E-state index contributed by atoms with van der Waals surface area (Å²) in [6, 6.07) is 7.75. The molecule has 0 aromatic heterocycles. The van der Waals surface area contributed by atoms with E-state index in [2.05, 4.69) is 9.46 Å². The van der Waals surface area contributed by atoms with Gasteiger partial charge in [0.2, 0.25) is 10.0 Å². The molecule has 0 spiro atoms. The van der Waals surface area contributed by atoms with E-state index in [9.17, 15) is 26.0 Å². The number of ether oxygens (including phenoxy) is 1. The van der Waals surface area contributed by atoms with Crippen molar-refractivity contribution in [1.82, 2.24) is 4.72 Å². The molecule has 2 aromatic rings. The van der Waals surface area contributed by atoms with Crippen LogP contribution < -0.4 is 9.46 Å². The molecule has 1 N–H and O–H groups in total. The predicted octanol–water partition coefficient (Wildman–Crippen LogP) is 3.86. The van der Waals surface area contributed by atoms with Crippen LogP contribution in [0.4, 0.5) is 17.6 Å². The molecule has 2 aromatic carbocycles. The molecule has 0 saturated carbocycles. The molecule has 2 rings (SSSR count). The predicted molar refractivity (Wildman–Crippen MR) is 78.6 cm³/mol. The standard InChI is InChI=1S/C14H10ClF4NO3S/c15-11-7-10(16)5-6-13(11)24(21,22)20-8-9-3-1-2-4-12(9)23-14(17,18)19/h1-7,20H,8H2. The van der Waals surface area contributed by atoms with Gasteiger partial charge in [-0.15, -0.1) is 13.2 Å². The van der Waals surface area contributed by atoms with Gasteiger partial charge in [0.15, 0.2) is 0 Å². The van der Waals surface area contributed by atoms with Gasteiger partial charge in [0.1, 0.15) is 16.5 Å². The van der Waals surface area contributed by atoms with Crippen molar-refractivity contribution in [3.8, 4) is 5.75 Å². The molecule has 4 nitrogen and oxygen atoms in total. The molecular formula is C14H10ClF4NO3S. The lowest BCUT2D eigenvalue weighted by atomic mass is 10.2. The van der Waals surface area contributed by atoms with Crippen molar-refractivity contribution in [1.29, 1.82) is 0 Å². The maximum atomic E-state index is 13.0. The lowest BCUT2D eigenvalue weighted by Gasteiger charge is -2.14. The van der Waals surface area contributed by atoms with Gasteiger partial charge in [-0.1, -0.05) is 29.8 Å². The monoisotopic (exact) mass is 383 g/mol. The second-order valence-electron chi connectivity index (χ2n) is 4.55. The number of hydrogen-bond acceptors (Lipinski definition) is 3. The summed E-state index contributed by atoms with van der Waals surface area (Å²) < 4.78 is 80.2. The van der Waals surface area contributed by atoms with Crippen molar-refractivity contribution < 1.29 is 30.7 Å². The number of benzene rings is 2. The number of nitrogens with one attached hydrogen (secondary N) is 1. The Morgan fingerprint density at radius 2 is 1.79 bits per heavy atom. The van der Waals surface area contributed by atoms with Gasteiger partial charge in [-0.3, -0.25) is 0 Å². The average Bonchev–Trinajstić information content (AvgIpc) is 2.44. The Bertz CT molecular complexity index is 840. The minimum Gasteiger partial charge on any atom is -0.405 e. The van der Waals surface area contributed by atoms with E-state index in [1.807, 2.05) is 0 Å². The van der Waals surface area contributed by atoms with Gasteiger partial charge in [0.05, 0.1) is 5.02 Å². The minimum atomic E-state index is -4.91. The molecule has 0 aliphatic rings. The molecule has 0 bridgehead atoms. The van der Waals surface area contributed by atoms with Gasteiger partial charge >= 0.3 is 6.36 Å². The van der Waals surface area contributed by atoms with Gasteiger partial charge < -0.3 is 4.74 Å². The fourth-order valence-electron chi connectivity index (χ4n) is 1.82. The maximum Gasteiger partial charge on any atom is 0.573 e. The minimum absolute atomic E-state index is 0.0309. The quantitative estimate of drug-likeness (QED) is 0.798. The Kier molecular flexibility index (Phi) is 5.36. The number of halogens is 5. The van der Waals surface area contributed by atoms with Crippen LogP contribution in [0.3, 0.4) is 0 Å². The molecule has 0 fully saturated rings. The zero-order chi connectivity index (χ0) is 18.0. The third-order valence-corrected chi connectivity index (χ3v) is 4.72. The van der Waals surface area contributed by atoms with E-state index in [1.54, 1.807) is 0 Å². The maximum absolute atomic E-state index is 13.0. The molecule has 24 heavy (non-hydrogen) atoms. The highest BCUT2D eigenvalue weighted by Crippen LogP contribution is 2.27. The normalized spacial score (nSPS) is 12.2. The van der Waals surface area contributed by atoms with Crippen molar-refractivity contribution in [2.75, 3.05) is 0 Å². The van der Waals surface area contributed by atoms with Crippen LogP contribution >= 0.6 is 11.6 Å². The van der Waals surface area contributed by atoms with Crippen molar-refractivity contribution >= 4 is 21.6 Å². The first kappa shape index (κ1) is 18.5. The van der Waals surface area contributed by atoms with Crippen LogP contribution in [0.5, 0.6) is 5.75 Å². The molecule has 0 amide bonds. The van der Waals surface area contributed by atoms with E-state index in [-0.39, 0.29) is 15.5 Å². The summed E-state index contributed by atoms with van der Waals surface area (Å²) in [7, 11) is -4.15. The fourth-order valence-corrected chi connectivity index (χ4v) is 3.35. The molecule has 0 unspecified atom stereocenters. The molecule has 0 saturated heterocycles. The van der Waals surface area contributed by atoms with Crippen LogP contribution in [0.15, 0.2) is 47.4 Å². The summed E-state index contributed by atoms with van der Waals surface area (Å²) in [6.45, 7) is -0.470. The lowest BCUT2D eigenvalue weighted by molar-refractivity contribution is -0.274. The first-order chi connectivity index (χ1) is 11.1. The molecule has 130 valence electrons. The number of alkyl halides is 3. The molecule has 0 heterocycles. The van der Waals surface area contributed by atoms with Crippen LogP contribution in [-0.4, -0.2) is 14.8 Å². The van der Waals surface area contributed by atoms with E-state index in [1.165, 1.54) is 18.2 Å². The highest BCUT2D eigenvalue weighted by atomic mass is 35.5.